The number of aliphatic hydroxyl groups is 6. The Labute approximate surface area is 191 Å². The lowest BCUT2D eigenvalue weighted by Gasteiger charge is -2.47. The van der Waals surface area contributed by atoms with E-state index in [2.05, 4.69) is 0 Å². The molecule has 0 aromatic heterocycles. The minimum Gasteiger partial charge on any atom is -0.391 e. The van der Waals surface area contributed by atoms with E-state index in [-0.39, 0.29) is 6.42 Å². The summed E-state index contributed by atoms with van der Waals surface area (Å²) in [5.41, 5.74) is 24.0. The average molecular weight is 483 g/mol. The van der Waals surface area contributed by atoms with E-state index in [9.17, 15) is 30.6 Å². The fourth-order valence-electron chi connectivity index (χ4n) is 4.57. The van der Waals surface area contributed by atoms with Crippen LogP contribution in [0, 0.1) is 0 Å². The van der Waals surface area contributed by atoms with E-state index in [0.29, 0.717) is 0 Å². The number of rotatable bonds is 6. The quantitative estimate of drug-likeness (QED) is 0.169. The van der Waals surface area contributed by atoms with Crippen molar-refractivity contribution in [1.29, 1.82) is 0 Å². The number of hydrogen-bond donors (Lipinski definition) is 10. The summed E-state index contributed by atoms with van der Waals surface area (Å²) in [7, 11) is 0. The van der Waals surface area contributed by atoms with E-state index in [0.717, 1.165) is 0 Å². The Morgan fingerprint density at radius 1 is 0.727 bits per heavy atom. The minimum atomic E-state index is -1.48. The lowest BCUT2D eigenvalue weighted by atomic mass is 9.84. The van der Waals surface area contributed by atoms with Gasteiger partial charge in [-0.3, -0.25) is 0 Å². The normalized spacial score (nSPS) is 53.1. The predicted octanol–water partition coefficient (Wildman–Crippen LogP) is -5.88. The van der Waals surface area contributed by atoms with Crippen LogP contribution in [0.3, 0.4) is 0 Å². The van der Waals surface area contributed by atoms with E-state index in [1.165, 1.54) is 6.92 Å². The van der Waals surface area contributed by atoms with Gasteiger partial charge in [0.2, 0.25) is 0 Å². The zero-order valence-electron chi connectivity index (χ0n) is 18.6. The van der Waals surface area contributed by atoms with Crippen molar-refractivity contribution in [2.24, 2.45) is 22.9 Å². The standard InChI is InChI=1S/C19H38N4O10/c1-4(20)14-12(28)13(29)19(30-14)33-17-9(25)6(21)3-7(22)16(17)32-18-8(23)10(26)11(27)15(31-18)5(2)24/h4-19,24-29H,3,20-23H2,1-2H3/t4-,5+,6?,7?,8?,9?,10?,11?,12?,13-,14+,15?,16?,17?,18?,19-/m0/s1. The number of hydrogen-bond acceptors (Lipinski definition) is 14. The molecule has 11 unspecified atom stereocenters. The highest BCUT2D eigenvalue weighted by molar-refractivity contribution is 5.02. The zero-order chi connectivity index (χ0) is 24.8. The van der Waals surface area contributed by atoms with Gasteiger partial charge in [0.1, 0.15) is 48.8 Å². The van der Waals surface area contributed by atoms with E-state index < -0.39 is 97.8 Å². The summed E-state index contributed by atoms with van der Waals surface area (Å²) in [5, 5.41) is 61.6. The van der Waals surface area contributed by atoms with Gasteiger partial charge in [0, 0.05) is 18.1 Å². The Morgan fingerprint density at radius 3 is 1.82 bits per heavy atom. The molecule has 0 bridgehead atoms. The molecule has 0 spiro atoms. The molecule has 0 radical (unpaired) electrons. The molecule has 3 fully saturated rings. The van der Waals surface area contributed by atoms with Crippen LogP contribution in [-0.2, 0) is 18.9 Å². The largest absolute Gasteiger partial charge is 0.391 e. The summed E-state index contributed by atoms with van der Waals surface area (Å²) >= 11 is 0. The molecule has 2 aliphatic heterocycles. The summed E-state index contributed by atoms with van der Waals surface area (Å²) < 4.78 is 22.9. The second kappa shape index (κ2) is 10.6. The second-order valence-electron chi connectivity index (χ2n) is 9.33. The first-order valence-corrected chi connectivity index (χ1v) is 11.1. The van der Waals surface area contributed by atoms with Crippen molar-refractivity contribution in [2.75, 3.05) is 0 Å². The lowest BCUT2D eigenvalue weighted by Crippen LogP contribution is -2.68. The molecule has 3 aliphatic rings. The number of nitrogens with two attached hydrogens (primary N) is 4. The lowest BCUT2D eigenvalue weighted by molar-refractivity contribution is -0.315. The highest BCUT2D eigenvalue weighted by Gasteiger charge is 2.52. The molecular formula is C19H38N4O10. The van der Waals surface area contributed by atoms with Gasteiger partial charge in [0.25, 0.3) is 0 Å². The van der Waals surface area contributed by atoms with Crippen LogP contribution in [0.2, 0.25) is 0 Å². The van der Waals surface area contributed by atoms with Crippen LogP contribution in [0.4, 0.5) is 0 Å². The summed E-state index contributed by atoms with van der Waals surface area (Å²) in [4.78, 5) is 0. The molecule has 14 N–H and O–H groups in total. The molecule has 14 heteroatoms. The minimum absolute atomic E-state index is 0.137. The van der Waals surface area contributed by atoms with Crippen molar-refractivity contribution >= 4 is 0 Å². The van der Waals surface area contributed by atoms with Crippen LogP contribution < -0.4 is 22.9 Å². The Balaban J connectivity index is 1.80. The molecule has 16 atom stereocenters. The molecule has 0 aromatic carbocycles. The topological polar surface area (TPSA) is 262 Å². The molecule has 14 nitrogen and oxygen atoms in total. The number of ether oxygens (including phenoxy) is 4. The van der Waals surface area contributed by atoms with Crippen molar-refractivity contribution in [3.05, 3.63) is 0 Å². The molecule has 33 heavy (non-hydrogen) atoms. The molecule has 3 rings (SSSR count). The first-order valence-electron chi connectivity index (χ1n) is 11.1. The fraction of sp³-hybridized carbons (Fsp3) is 1.00. The van der Waals surface area contributed by atoms with Crippen LogP contribution in [0.5, 0.6) is 0 Å². The van der Waals surface area contributed by atoms with E-state index in [4.69, 9.17) is 41.9 Å². The molecule has 0 amide bonds. The summed E-state index contributed by atoms with van der Waals surface area (Å²) in [5.74, 6) is 0. The van der Waals surface area contributed by atoms with Gasteiger partial charge in [-0.2, -0.15) is 0 Å². The highest BCUT2D eigenvalue weighted by atomic mass is 16.7. The molecule has 2 heterocycles. The van der Waals surface area contributed by atoms with Crippen molar-refractivity contribution in [1.82, 2.24) is 0 Å². The van der Waals surface area contributed by atoms with Crippen LogP contribution in [-0.4, -0.2) is 128 Å². The first kappa shape index (κ1) is 27.0. The van der Waals surface area contributed by atoms with E-state index >= 15 is 0 Å². The SMILES string of the molecule is C[C@H](N)[C@H]1O[C@@H](OC2C(O)C(N)CC(N)C2OC2OC([C@@H](C)O)C(O)C(O)C2N)[C@@H](O)C1O. The van der Waals surface area contributed by atoms with Gasteiger partial charge in [-0.25, -0.2) is 0 Å². The van der Waals surface area contributed by atoms with Crippen molar-refractivity contribution in [3.63, 3.8) is 0 Å². The maximum Gasteiger partial charge on any atom is 0.187 e. The Kier molecular flexibility index (Phi) is 8.68. The first-order chi connectivity index (χ1) is 15.3. The van der Waals surface area contributed by atoms with Gasteiger partial charge < -0.3 is 72.5 Å². The second-order valence-corrected chi connectivity index (χ2v) is 9.33. The van der Waals surface area contributed by atoms with Crippen molar-refractivity contribution in [3.8, 4) is 0 Å². The van der Waals surface area contributed by atoms with E-state index in [1.807, 2.05) is 0 Å². The predicted molar refractivity (Wildman–Crippen MR) is 111 cm³/mol. The van der Waals surface area contributed by atoms with Gasteiger partial charge in [-0.05, 0) is 20.3 Å². The van der Waals surface area contributed by atoms with Gasteiger partial charge in [0.05, 0.1) is 18.2 Å². The fourth-order valence-corrected chi connectivity index (χ4v) is 4.57. The highest BCUT2D eigenvalue weighted by Crippen LogP contribution is 2.32. The van der Waals surface area contributed by atoms with Gasteiger partial charge in [0.15, 0.2) is 12.6 Å². The summed E-state index contributed by atoms with van der Waals surface area (Å²) in [6.45, 7) is 2.96. The Bertz CT molecular complexity index is 648. The van der Waals surface area contributed by atoms with Gasteiger partial charge in [-0.15, -0.1) is 0 Å². The molecular weight excluding hydrogens is 444 g/mol. The molecule has 0 aromatic rings. The zero-order valence-corrected chi connectivity index (χ0v) is 18.6. The van der Waals surface area contributed by atoms with E-state index in [1.54, 1.807) is 6.92 Å². The van der Waals surface area contributed by atoms with Crippen LogP contribution >= 0.6 is 0 Å². The van der Waals surface area contributed by atoms with Crippen molar-refractivity contribution < 1.29 is 49.6 Å². The van der Waals surface area contributed by atoms with Crippen LogP contribution in [0.25, 0.3) is 0 Å². The maximum atomic E-state index is 10.7. The third-order valence-electron chi connectivity index (χ3n) is 6.58. The molecule has 1 saturated carbocycles. The van der Waals surface area contributed by atoms with Gasteiger partial charge >= 0.3 is 0 Å². The third kappa shape index (κ3) is 5.34. The molecule has 1 aliphatic carbocycles. The molecule has 194 valence electrons. The van der Waals surface area contributed by atoms with Crippen molar-refractivity contribution in [2.45, 2.75) is 118 Å². The summed E-state index contributed by atoms with van der Waals surface area (Å²) in [6, 6.07) is -3.41. The Hall–Kier alpha value is -0.560. The average Bonchev–Trinajstić information content (AvgIpc) is 3.02. The summed E-state index contributed by atoms with van der Waals surface area (Å²) in [6.07, 6.45) is -15.2. The molecule has 2 saturated heterocycles. The number of aliphatic hydroxyl groups excluding tert-OH is 6. The maximum absolute atomic E-state index is 10.7. The third-order valence-corrected chi connectivity index (χ3v) is 6.58. The van der Waals surface area contributed by atoms with Crippen LogP contribution in [0.1, 0.15) is 20.3 Å². The Morgan fingerprint density at radius 2 is 1.27 bits per heavy atom. The monoisotopic (exact) mass is 482 g/mol. The van der Waals surface area contributed by atoms with Crippen LogP contribution in [0.15, 0.2) is 0 Å². The van der Waals surface area contributed by atoms with Gasteiger partial charge in [-0.1, -0.05) is 0 Å². The smallest absolute Gasteiger partial charge is 0.187 e.